The van der Waals surface area contributed by atoms with Gasteiger partial charge in [-0.25, -0.2) is 4.79 Å². The molecule has 538 valence electrons. The number of aliphatic hydroxyl groups is 4. The van der Waals surface area contributed by atoms with E-state index in [1.165, 1.54) is 38.1 Å². The lowest BCUT2D eigenvalue weighted by molar-refractivity contribution is -0.159. The highest BCUT2D eigenvalue weighted by molar-refractivity contribution is 6.00. The third kappa shape index (κ3) is 25.5. The van der Waals surface area contributed by atoms with Crippen LogP contribution in [0.3, 0.4) is 0 Å². The average Bonchev–Trinajstić information content (AvgIpc) is 0.833. The zero-order valence-electron chi connectivity index (χ0n) is 56.1. The van der Waals surface area contributed by atoms with E-state index in [9.17, 15) is 63.6 Å². The number of nitrogens with two attached hydrogens (primary N) is 3. The van der Waals surface area contributed by atoms with Crippen molar-refractivity contribution >= 4 is 76.9 Å². The summed E-state index contributed by atoms with van der Waals surface area (Å²) >= 11 is 0. The molecule has 0 radical (unpaired) electrons. The number of primary amides is 1. The lowest BCUT2D eigenvalue weighted by Gasteiger charge is -2.34. The predicted molar refractivity (Wildman–Crippen MR) is 349 cm³/mol. The predicted octanol–water partition coefficient (Wildman–Crippen LogP) is -3.38. The summed E-state index contributed by atoms with van der Waals surface area (Å²) < 4.78 is 6.03. The zero-order valence-corrected chi connectivity index (χ0v) is 56.1. The number of rotatable bonds is 23. The second-order valence-electron chi connectivity index (χ2n) is 26.3. The Hall–Kier alpha value is -8.07. The second-order valence-corrected chi connectivity index (χ2v) is 26.3. The van der Waals surface area contributed by atoms with E-state index in [1.807, 2.05) is 5.32 Å². The maximum Gasteiger partial charge on any atom is 0.331 e. The summed E-state index contributed by atoms with van der Waals surface area (Å²) in [7, 11) is 0. The van der Waals surface area contributed by atoms with Crippen LogP contribution in [0.15, 0.2) is 30.3 Å². The van der Waals surface area contributed by atoms with Gasteiger partial charge in [-0.1, -0.05) is 143 Å². The van der Waals surface area contributed by atoms with E-state index in [0.29, 0.717) is 19.3 Å². The Morgan fingerprint density at radius 3 is 1.73 bits per heavy atom. The maximum absolute atomic E-state index is 15.6. The van der Waals surface area contributed by atoms with Crippen molar-refractivity contribution in [3.8, 4) is 0 Å². The fourth-order valence-corrected chi connectivity index (χ4v) is 11.8. The van der Waals surface area contributed by atoms with Crippen molar-refractivity contribution in [3.05, 3.63) is 35.9 Å². The molecule has 1 aromatic carbocycles. The molecule has 0 aromatic heterocycles. The number of esters is 1. The van der Waals surface area contributed by atoms with Crippen molar-refractivity contribution in [3.63, 3.8) is 0 Å². The number of hydrogen-bond donors (Lipinski definition) is 19. The Kier molecular flexibility index (Phi) is 33.4. The van der Waals surface area contributed by atoms with Gasteiger partial charge in [0, 0.05) is 6.54 Å². The molecule has 3 aliphatic rings. The highest BCUT2D eigenvalue weighted by atomic mass is 16.5. The van der Waals surface area contributed by atoms with Crippen molar-refractivity contribution in [2.45, 2.75) is 236 Å². The van der Waals surface area contributed by atoms with E-state index in [0.717, 1.165) is 58.3 Å². The molecule has 0 unspecified atom stereocenters. The summed E-state index contributed by atoms with van der Waals surface area (Å²) in [5.74, 6) is -16.6. The third-order valence-electron chi connectivity index (χ3n) is 17.7. The van der Waals surface area contributed by atoms with E-state index >= 15 is 14.4 Å². The van der Waals surface area contributed by atoms with Gasteiger partial charge in [-0.15, -0.1) is 0 Å². The van der Waals surface area contributed by atoms with Crippen LogP contribution in [0.2, 0.25) is 0 Å². The number of nitrogens with one attached hydrogen (secondary N) is 12. The van der Waals surface area contributed by atoms with Crippen LogP contribution in [0.1, 0.15) is 163 Å². The summed E-state index contributed by atoms with van der Waals surface area (Å²) in [5, 5.41) is 79.2. The first-order chi connectivity index (χ1) is 45.4. The van der Waals surface area contributed by atoms with Crippen LogP contribution < -0.4 is 75.7 Å². The Morgan fingerprint density at radius 1 is 0.635 bits per heavy atom. The SMILES string of the molecule is CC[C@H](C)[C@@H]1NC(=O)[C@@H](CCCNC(=N)N)NC(=O)[C@H](CC(C)C)NC(=O)[C@H]([C@H](O)C(C)C)NC(=O)[C@@H](NC(=O)[C@H](CC2CCCCC2)NC(=O)[C@H](N)CC2CCCCC2)[C@@H](c2ccccc2)OC(=O)[C@H](CO)NC(=O)[C@H]([C@H](O)C(N)=O)NC(=O)CNC(=O)[C@H]([C@H](C)O)NC1=O. The van der Waals surface area contributed by atoms with Gasteiger partial charge in [-0.2, -0.15) is 0 Å². The molecule has 15 atom stereocenters. The standard InChI is InChI=1S/C64H105N15O17/c1-8-34(6)45-59(91)77-46(35(7)81)58(90)70-30-44(82)75-48(51(84)53(66)85)61(93)74-43(31-80)63(95)96-52(38-23-16-11-17-24-38)49(79-57(89)42(29-37-21-14-10-15-22-37)72-54(86)39(65)28-36-19-12-9-13-20-36)62(94)78-47(50(83)33(4)5)60(92)73-41(27-32(2)3)56(88)71-40(55(87)76-45)25-18-26-69-64(67)68/h11,16-17,23-24,32-37,39-43,45-52,80-81,83-84H,8-10,12-15,18-22,25-31,65H2,1-7H3,(H2,66,85)(H,70,90)(H,71,88)(H,72,86)(H,73,92)(H,74,93)(H,75,82)(H,76,87)(H,77,91)(H,78,94)(H,79,89)(H4,67,68,69)/t34-,35-,39+,40+,41-,42-,43-,45-,46-,47-,48-,49-,50+,51-,52+/m0/s1. The number of guanidine groups is 1. The Bertz CT molecular complexity index is 2800. The molecule has 1 aliphatic heterocycles. The number of carbonyl (C=O) groups excluding carboxylic acids is 12. The first-order valence-corrected chi connectivity index (χ1v) is 33.4. The fourth-order valence-electron chi connectivity index (χ4n) is 11.8. The first kappa shape index (κ1) is 80.4. The van der Waals surface area contributed by atoms with Crippen molar-refractivity contribution in [2.75, 3.05) is 19.7 Å². The number of hydrogen-bond acceptors (Lipinski definition) is 19. The zero-order chi connectivity index (χ0) is 71.5. The van der Waals surface area contributed by atoms with E-state index in [1.54, 1.807) is 33.8 Å². The van der Waals surface area contributed by atoms with E-state index < -0.39 is 187 Å². The molecule has 96 heavy (non-hydrogen) atoms. The minimum Gasteiger partial charge on any atom is -0.453 e. The number of cyclic esters (lactones) is 1. The number of aliphatic hydroxyl groups excluding tert-OH is 4. The molecule has 11 amide bonds. The Morgan fingerprint density at radius 2 is 1.18 bits per heavy atom. The van der Waals surface area contributed by atoms with E-state index in [4.69, 9.17) is 27.3 Å². The van der Waals surface area contributed by atoms with Gasteiger partial charge < -0.3 is 101 Å². The highest BCUT2D eigenvalue weighted by Crippen LogP contribution is 2.30. The van der Waals surface area contributed by atoms with Gasteiger partial charge >= 0.3 is 5.97 Å². The van der Waals surface area contributed by atoms with E-state index in [2.05, 4.69) is 53.2 Å². The Balaban J connectivity index is 1.98. The van der Waals surface area contributed by atoms with Crippen LogP contribution in [0, 0.1) is 35.0 Å². The van der Waals surface area contributed by atoms with Crippen molar-refractivity contribution < 1.29 is 82.7 Å². The molecule has 3 fully saturated rings. The van der Waals surface area contributed by atoms with Gasteiger partial charge in [0.15, 0.2) is 24.2 Å². The molecule has 1 saturated heterocycles. The van der Waals surface area contributed by atoms with Crippen LogP contribution in [-0.4, -0.2) is 196 Å². The smallest absolute Gasteiger partial charge is 0.331 e. The van der Waals surface area contributed by atoms with E-state index in [-0.39, 0.29) is 62.0 Å². The molecule has 0 bridgehead atoms. The summed E-state index contributed by atoms with van der Waals surface area (Å²) in [6.45, 7) is 8.43. The lowest BCUT2D eigenvalue weighted by atomic mass is 9.83. The van der Waals surface area contributed by atoms with Gasteiger partial charge in [0.05, 0.1) is 31.4 Å². The van der Waals surface area contributed by atoms with Gasteiger partial charge in [-0.05, 0) is 74.2 Å². The van der Waals surface area contributed by atoms with Crippen LogP contribution in [-0.2, 0) is 62.3 Å². The van der Waals surface area contributed by atoms with Crippen LogP contribution in [0.5, 0.6) is 0 Å². The van der Waals surface area contributed by atoms with Gasteiger partial charge in [0.1, 0.15) is 48.3 Å². The monoisotopic (exact) mass is 1360 g/mol. The summed E-state index contributed by atoms with van der Waals surface area (Å²) in [6.07, 6.45) is 0.928. The minimum atomic E-state index is -2.57. The van der Waals surface area contributed by atoms with Crippen LogP contribution >= 0.6 is 0 Å². The normalized spacial score (nSPS) is 26.1. The third-order valence-corrected chi connectivity index (χ3v) is 17.7. The Labute approximate surface area is 560 Å². The highest BCUT2D eigenvalue weighted by Gasteiger charge is 2.44. The van der Waals surface area contributed by atoms with Crippen molar-refractivity contribution in [2.24, 2.45) is 46.8 Å². The molecular formula is C64H105N15O17. The summed E-state index contributed by atoms with van der Waals surface area (Å²) in [4.78, 5) is 172. The molecule has 1 aromatic rings. The minimum absolute atomic E-state index is 0.0197. The molecule has 2 aliphatic carbocycles. The van der Waals surface area contributed by atoms with Gasteiger partial charge in [0.25, 0.3) is 0 Å². The number of amides is 11. The average molecular weight is 1360 g/mol. The van der Waals surface area contributed by atoms with Crippen LogP contribution in [0.25, 0.3) is 0 Å². The number of carbonyl (C=O) groups is 12. The topological polar surface area (TPSA) is 529 Å². The largest absolute Gasteiger partial charge is 0.453 e. The van der Waals surface area contributed by atoms with Crippen molar-refractivity contribution in [1.82, 2.24) is 58.5 Å². The fraction of sp³-hybridized carbons (Fsp3) is 0.703. The number of benzene rings is 1. The molecule has 32 nitrogen and oxygen atoms in total. The quantitative estimate of drug-likeness (QED) is 0.0220. The molecule has 32 heteroatoms. The van der Waals surface area contributed by atoms with Crippen LogP contribution in [0.4, 0.5) is 0 Å². The van der Waals surface area contributed by atoms with Crippen molar-refractivity contribution in [1.29, 1.82) is 5.41 Å². The summed E-state index contributed by atoms with van der Waals surface area (Å²) in [5.41, 5.74) is 17.4. The molecule has 22 N–H and O–H groups in total. The second kappa shape index (κ2) is 39.8. The first-order valence-electron chi connectivity index (χ1n) is 33.4. The molecular weight excluding hydrogens is 1250 g/mol. The molecule has 2 saturated carbocycles. The molecule has 1 heterocycles. The molecule has 4 rings (SSSR count). The van der Waals surface area contributed by atoms with Gasteiger partial charge in [-0.3, -0.25) is 58.1 Å². The molecule has 0 spiro atoms. The number of ether oxygens (including phenoxy) is 1. The lowest BCUT2D eigenvalue weighted by Crippen LogP contribution is -2.64. The maximum atomic E-state index is 15.6. The summed E-state index contributed by atoms with van der Waals surface area (Å²) in [6, 6.07) is -10.4. The van der Waals surface area contributed by atoms with Gasteiger partial charge in [0.2, 0.25) is 65.0 Å².